The second kappa shape index (κ2) is 6.12. The van der Waals surface area contributed by atoms with Crippen LogP contribution < -0.4 is 5.73 Å². The van der Waals surface area contributed by atoms with Crippen LogP contribution >= 0.6 is 11.8 Å². The Morgan fingerprint density at radius 3 is 2.38 bits per heavy atom. The van der Waals surface area contributed by atoms with E-state index < -0.39 is 11.7 Å². The van der Waals surface area contributed by atoms with Crippen molar-refractivity contribution >= 4 is 11.8 Å². The lowest BCUT2D eigenvalue weighted by Gasteiger charge is -2.13. The molecule has 0 spiro atoms. The minimum atomic E-state index is -4.36. The van der Waals surface area contributed by atoms with Crippen molar-refractivity contribution in [1.29, 1.82) is 0 Å². The minimum Gasteiger partial charge on any atom is -0.326 e. The Hall–Kier alpha value is -1.46. The molecule has 21 heavy (non-hydrogen) atoms. The summed E-state index contributed by atoms with van der Waals surface area (Å²) in [5.41, 5.74) is 7.14. The number of halogens is 3. The molecule has 2 aromatic carbocycles. The summed E-state index contributed by atoms with van der Waals surface area (Å²) in [6, 6.07) is 10.2. The number of rotatable bonds is 3. The molecule has 0 fully saturated rings. The van der Waals surface area contributed by atoms with Crippen molar-refractivity contribution in [3.63, 3.8) is 0 Å². The van der Waals surface area contributed by atoms with Crippen molar-refractivity contribution < 1.29 is 13.2 Å². The Bertz CT molecular complexity index is 650. The standard InChI is InChI=1S/C16H16F3NS/c1-10-3-4-11(2)15(7-10)21-13-5-6-14(16(17,18)19)12(8-13)9-20/h3-8H,9,20H2,1-2H3. The molecule has 2 N–H and O–H groups in total. The summed E-state index contributed by atoms with van der Waals surface area (Å²) >= 11 is 1.45. The van der Waals surface area contributed by atoms with Crippen LogP contribution in [0, 0.1) is 13.8 Å². The Balaban J connectivity index is 2.36. The fourth-order valence-corrected chi connectivity index (χ4v) is 3.09. The third-order valence-corrected chi connectivity index (χ3v) is 4.32. The lowest BCUT2D eigenvalue weighted by atomic mass is 10.1. The first-order valence-corrected chi connectivity index (χ1v) is 7.28. The smallest absolute Gasteiger partial charge is 0.326 e. The summed E-state index contributed by atoms with van der Waals surface area (Å²) in [5.74, 6) is 0. The van der Waals surface area contributed by atoms with Gasteiger partial charge in [-0.05, 0) is 54.8 Å². The van der Waals surface area contributed by atoms with Gasteiger partial charge in [-0.3, -0.25) is 0 Å². The third kappa shape index (κ3) is 3.80. The van der Waals surface area contributed by atoms with Crippen LogP contribution in [0.5, 0.6) is 0 Å². The monoisotopic (exact) mass is 311 g/mol. The molecule has 0 aromatic heterocycles. The molecule has 0 unspecified atom stereocenters. The summed E-state index contributed by atoms with van der Waals surface area (Å²) in [6.45, 7) is 3.84. The summed E-state index contributed by atoms with van der Waals surface area (Å²) in [7, 11) is 0. The van der Waals surface area contributed by atoms with E-state index in [-0.39, 0.29) is 12.1 Å². The van der Waals surface area contributed by atoms with Gasteiger partial charge in [0.1, 0.15) is 0 Å². The molecule has 0 bridgehead atoms. The van der Waals surface area contributed by atoms with Crippen molar-refractivity contribution in [3.05, 3.63) is 58.7 Å². The molecule has 1 nitrogen and oxygen atoms in total. The lowest BCUT2D eigenvalue weighted by molar-refractivity contribution is -0.138. The van der Waals surface area contributed by atoms with E-state index >= 15 is 0 Å². The van der Waals surface area contributed by atoms with Gasteiger partial charge in [0.2, 0.25) is 0 Å². The number of hydrogen-bond donors (Lipinski definition) is 1. The molecule has 0 heterocycles. The van der Waals surface area contributed by atoms with Gasteiger partial charge in [-0.25, -0.2) is 0 Å². The highest BCUT2D eigenvalue weighted by molar-refractivity contribution is 7.99. The van der Waals surface area contributed by atoms with E-state index in [9.17, 15) is 13.2 Å². The highest BCUT2D eigenvalue weighted by atomic mass is 32.2. The molecule has 0 atom stereocenters. The van der Waals surface area contributed by atoms with Crippen LogP contribution in [0.3, 0.4) is 0 Å². The van der Waals surface area contributed by atoms with E-state index in [0.717, 1.165) is 27.0 Å². The molecule has 0 amide bonds. The zero-order valence-electron chi connectivity index (χ0n) is 11.8. The number of hydrogen-bond acceptors (Lipinski definition) is 2. The molecule has 2 rings (SSSR count). The van der Waals surface area contributed by atoms with Crippen LogP contribution in [-0.4, -0.2) is 0 Å². The summed E-state index contributed by atoms with van der Waals surface area (Å²) in [6.07, 6.45) is -4.36. The predicted octanol–water partition coefficient (Wildman–Crippen LogP) is 4.93. The second-order valence-corrected chi connectivity index (χ2v) is 6.01. The summed E-state index contributed by atoms with van der Waals surface area (Å²) < 4.78 is 38.5. The maximum Gasteiger partial charge on any atom is 0.416 e. The van der Waals surface area contributed by atoms with Crippen molar-refractivity contribution in [2.75, 3.05) is 0 Å². The van der Waals surface area contributed by atoms with E-state index in [2.05, 4.69) is 0 Å². The predicted molar refractivity (Wildman–Crippen MR) is 79.4 cm³/mol. The SMILES string of the molecule is Cc1ccc(C)c(Sc2ccc(C(F)(F)F)c(CN)c2)c1. The van der Waals surface area contributed by atoms with Crippen molar-refractivity contribution in [1.82, 2.24) is 0 Å². The van der Waals surface area contributed by atoms with Crippen molar-refractivity contribution in [2.24, 2.45) is 5.73 Å². The van der Waals surface area contributed by atoms with Gasteiger partial charge in [-0.15, -0.1) is 0 Å². The Morgan fingerprint density at radius 1 is 1.05 bits per heavy atom. The number of benzene rings is 2. The van der Waals surface area contributed by atoms with E-state index in [1.165, 1.54) is 23.9 Å². The highest BCUT2D eigenvalue weighted by Gasteiger charge is 2.32. The quantitative estimate of drug-likeness (QED) is 0.869. The Morgan fingerprint density at radius 2 is 1.76 bits per heavy atom. The second-order valence-electron chi connectivity index (χ2n) is 4.89. The first-order valence-electron chi connectivity index (χ1n) is 6.46. The van der Waals surface area contributed by atoms with Gasteiger partial charge in [0.25, 0.3) is 0 Å². The maximum atomic E-state index is 12.8. The number of alkyl halides is 3. The largest absolute Gasteiger partial charge is 0.416 e. The highest BCUT2D eigenvalue weighted by Crippen LogP contribution is 2.36. The number of aryl methyl sites for hydroxylation is 2. The van der Waals surface area contributed by atoms with Crippen LogP contribution in [0.2, 0.25) is 0 Å². The van der Waals surface area contributed by atoms with Crippen LogP contribution in [0.1, 0.15) is 22.3 Å². The molecule has 0 saturated carbocycles. The Kier molecular flexibility index (Phi) is 4.64. The molecule has 0 aliphatic heterocycles. The topological polar surface area (TPSA) is 26.0 Å². The molecule has 0 aliphatic rings. The van der Waals surface area contributed by atoms with Gasteiger partial charge in [-0.1, -0.05) is 23.9 Å². The van der Waals surface area contributed by atoms with Gasteiger partial charge in [0.15, 0.2) is 0 Å². The van der Waals surface area contributed by atoms with Crippen LogP contribution in [0.15, 0.2) is 46.2 Å². The fourth-order valence-electron chi connectivity index (χ4n) is 2.02. The van der Waals surface area contributed by atoms with Gasteiger partial charge >= 0.3 is 6.18 Å². The van der Waals surface area contributed by atoms with E-state index in [0.29, 0.717) is 0 Å². The fraction of sp³-hybridized carbons (Fsp3) is 0.250. The lowest BCUT2D eigenvalue weighted by Crippen LogP contribution is -2.11. The Labute approximate surface area is 126 Å². The van der Waals surface area contributed by atoms with Crippen LogP contribution in [-0.2, 0) is 12.7 Å². The molecule has 0 saturated heterocycles. The van der Waals surface area contributed by atoms with Crippen molar-refractivity contribution in [2.45, 2.75) is 36.4 Å². The van der Waals surface area contributed by atoms with E-state index in [4.69, 9.17) is 5.73 Å². The molecule has 5 heteroatoms. The number of nitrogens with two attached hydrogens (primary N) is 1. The molecular formula is C16H16F3NS. The first-order chi connectivity index (χ1) is 9.81. The van der Waals surface area contributed by atoms with Gasteiger partial charge in [0, 0.05) is 16.3 Å². The minimum absolute atomic E-state index is 0.123. The van der Waals surface area contributed by atoms with Crippen LogP contribution in [0.4, 0.5) is 13.2 Å². The van der Waals surface area contributed by atoms with E-state index in [1.54, 1.807) is 0 Å². The van der Waals surface area contributed by atoms with Crippen LogP contribution in [0.25, 0.3) is 0 Å². The van der Waals surface area contributed by atoms with Gasteiger partial charge in [-0.2, -0.15) is 13.2 Å². The van der Waals surface area contributed by atoms with Crippen molar-refractivity contribution in [3.8, 4) is 0 Å². The van der Waals surface area contributed by atoms with Gasteiger partial charge < -0.3 is 5.73 Å². The molecule has 2 aromatic rings. The normalized spacial score (nSPS) is 11.7. The van der Waals surface area contributed by atoms with E-state index in [1.807, 2.05) is 32.0 Å². The molecular weight excluding hydrogens is 295 g/mol. The molecule has 112 valence electrons. The summed E-state index contributed by atoms with van der Waals surface area (Å²) in [4.78, 5) is 1.80. The summed E-state index contributed by atoms with van der Waals surface area (Å²) in [5, 5.41) is 0. The third-order valence-electron chi connectivity index (χ3n) is 3.17. The maximum absolute atomic E-state index is 12.8. The first kappa shape index (κ1) is 15.9. The molecule has 0 aliphatic carbocycles. The zero-order valence-corrected chi connectivity index (χ0v) is 12.6. The zero-order chi connectivity index (χ0) is 15.6. The average molecular weight is 311 g/mol. The van der Waals surface area contributed by atoms with Gasteiger partial charge in [0.05, 0.1) is 5.56 Å². The molecule has 0 radical (unpaired) electrons. The average Bonchev–Trinajstić information content (AvgIpc) is 2.41.